The van der Waals surface area contributed by atoms with Gasteiger partial charge >= 0.3 is 0 Å². The van der Waals surface area contributed by atoms with Gasteiger partial charge in [-0.3, -0.25) is 4.79 Å². The Balaban J connectivity index is 2.38. The van der Waals surface area contributed by atoms with Crippen LogP contribution in [-0.4, -0.2) is 17.4 Å². The van der Waals surface area contributed by atoms with E-state index in [1.807, 2.05) is 4.90 Å². The Kier molecular flexibility index (Phi) is 4.19. The molecule has 1 amide bonds. The van der Waals surface area contributed by atoms with Crippen molar-refractivity contribution in [3.05, 3.63) is 34.9 Å². The fraction of sp³-hybridized carbons (Fsp3) is 0.632. The summed E-state index contributed by atoms with van der Waals surface area (Å²) in [6, 6.07) is 6.89. The number of carbonyl (C=O) groups is 1. The lowest BCUT2D eigenvalue weighted by Gasteiger charge is -2.27. The number of hydrogen-bond donors (Lipinski definition) is 0. The predicted octanol–water partition coefficient (Wildman–Crippen LogP) is 4.40. The molecular weight excluding hydrogens is 258 g/mol. The molecule has 0 radical (unpaired) electrons. The van der Waals surface area contributed by atoms with E-state index in [9.17, 15) is 4.79 Å². The molecule has 1 heterocycles. The number of benzene rings is 1. The van der Waals surface area contributed by atoms with E-state index >= 15 is 0 Å². The summed E-state index contributed by atoms with van der Waals surface area (Å²) in [7, 11) is 0. The zero-order valence-corrected chi connectivity index (χ0v) is 14.4. The number of amides is 1. The molecular formula is C19H29NO. The normalized spacial score (nSPS) is 16.7. The minimum absolute atomic E-state index is 0.130. The van der Waals surface area contributed by atoms with E-state index in [4.69, 9.17) is 0 Å². The molecule has 2 heteroatoms. The molecule has 0 unspecified atom stereocenters. The molecule has 0 N–H and O–H groups in total. The van der Waals surface area contributed by atoms with E-state index in [2.05, 4.69) is 59.7 Å². The lowest BCUT2D eigenvalue weighted by atomic mass is 9.79. The summed E-state index contributed by atoms with van der Waals surface area (Å²) in [5.41, 5.74) is 4.24. The smallest absolute Gasteiger partial charge is 0.222 e. The van der Waals surface area contributed by atoms with Crippen LogP contribution in [0.25, 0.3) is 0 Å². The fourth-order valence-electron chi connectivity index (χ4n) is 2.74. The van der Waals surface area contributed by atoms with Crippen LogP contribution in [0.5, 0.6) is 0 Å². The van der Waals surface area contributed by atoms with Gasteiger partial charge in [-0.1, -0.05) is 59.7 Å². The van der Waals surface area contributed by atoms with Crippen molar-refractivity contribution >= 4 is 5.91 Å². The molecule has 116 valence electrons. The minimum Gasteiger partial charge on any atom is -0.338 e. The molecule has 21 heavy (non-hydrogen) atoms. The Bertz CT molecular complexity index is 499. The van der Waals surface area contributed by atoms with Crippen molar-refractivity contribution < 1.29 is 4.79 Å². The van der Waals surface area contributed by atoms with Gasteiger partial charge in [0.15, 0.2) is 0 Å². The zero-order valence-electron chi connectivity index (χ0n) is 14.4. The first-order valence-electron chi connectivity index (χ1n) is 8.00. The van der Waals surface area contributed by atoms with Gasteiger partial charge in [0, 0.05) is 19.5 Å². The Morgan fingerprint density at radius 1 is 0.952 bits per heavy atom. The highest BCUT2D eigenvalue weighted by atomic mass is 16.2. The molecule has 1 fully saturated rings. The SMILES string of the molecule is CC(C)(C)c1cc(CN2CCCC2=O)cc(C(C)(C)C)c1. The number of carbonyl (C=O) groups excluding carboxylic acids is 1. The Morgan fingerprint density at radius 3 is 1.86 bits per heavy atom. The van der Waals surface area contributed by atoms with Crippen molar-refractivity contribution in [2.24, 2.45) is 0 Å². The van der Waals surface area contributed by atoms with Crippen molar-refractivity contribution in [2.75, 3.05) is 6.54 Å². The Morgan fingerprint density at radius 2 is 1.48 bits per heavy atom. The summed E-state index contributed by atoms with van der Waals surface area (Å²) in [6.45, 7) is 15.2. The molecule has 0 aromatic heterocycles. The van der Waals surface area contributed by atoms with Gasteiger partial charge in [0.1, 0.15) is 0 Å². The van der Waals surface area contributed by atoms with Crippen LogP contribution < -0.4 is 0 Å². The van der Waals surface area contributed by atoms with Crippen molar-refractivity contribution in [3.8, 4) is 0 Å². The average Bonchev–Trinajstić information content (AvgIpc) is 2.72. The molecule has 0 bridgehead atoms. The maximum absolute atomic E-state index is 11.9. The third-order valence-corrected chi connectivity index (χ3v) is 4.27. The van der Waals surface area contributed by atoms with Gasteiger partial charge in [-0.15, -0.1) is 0 Å². The molecule has 1 aromatic rings. The standard InChI is InChI=1S/C19H29NO/c1-18(2,3)15-10-14(11-16(12-15)19(4,5)6)13-20-9-7-8-17(20)21/h10-12H,7-9,13H2,1-6H3. The third kappa shape index (κ3) is 3.87. The molecule has 2 rings (SSSR count). The van der Waals surface area contributed by atoms with Crippen molar-refractivity contribution in [3.63, 3.8) is 0 Å². The van der Waals surface area contributed by atoms with Crippen molar-refractivity contribution in [1.82, 2.24) is 4.90 Å². The highest BCUT2D eigenvalue weighted by molar-refractivity contribution is 5.78. The summed E-state index contributed by atoms with van der Waals surface area (Å²) in [5, 5.41) is 0. The largest absolute Gasteiger partial charge is 0.338 e. The van der Waals surface area contributed by atoms with Crippen LogP contribution in [0.4, 0.5) is 0 Å². The quantitative estimate of drug-likeness (QED) is 0.789. The van der Waals surface area contributed by atoms with Gasteiger partial charge in [-0.2, -0.15) is 0 Å². The van der Waals surface area contributed by atoms with Crippen LogP contribution in [0, 0.1) is 0 Å². The number of nitrogens with zero attached hydrogens (tertiary/aromatic N) is 1. The second-order valence-corrected chi connectivity index (χ2v) is 8.34. The van der Waals surface area contributed by atoms with Gasteiger partial charge in [0.05, 0.1) is 0 Å². The number of hydrogen-bond acceptors (Lipinski definition) is 1. The molecule has 0 spiro atoms. The minimum atomic E-state index is 0.130. The van der Waals surface area contributed by atoms with Gasteiger partial charge in [0.25, 0.3) is 0 Å². The van der Waals surface area contributed by atoms with Gasteiger partial charge < -0.3 is 4.90 Å². The summed E-state index contributed by atoms with van der Waals surface area (Å²) in [4.78, 5) is 13.9. The molecule has 0 atom stereocenters. The summed E-state index contributed by atoms with van der Waals surface area (Å²) in [5.74, 6) is 0.300. The number of rotatable bonds is 2. The summed E-state index contributed by atoms with van der Waals surface area (Å²) < 4.78 is 0. The van der Waals surface area contributed by atoms with Crippen LogP contribution in [0.3, 0.4) is 0 Å². The molecule has 1 aliphatic heterocycles. The first-order valence-corrected chi connectivity index (χ1v) is 8.00. The maximum Gasteiger partial charge on any atom is 0.222 e. The van der Waals surface area contributed by atoms with Crippen LogP contribution in [0.2, 0.25) is 0 Å². The van der Waals surface area contributed by atoms with E-state index in [-0.39, 0.29) is 10.8 Å². The molecule has 1 aliphatic rings. The highest BCUT2D eigenvalue weighted by Gasteiger charge is 2.23. The van der Waals surface area contributed by atoms with Gasteiger partial charge in [0.2, 0.25) is 5.91 Å². The summed E-state index contributed by atoms with van der Waals surface area (Å²) in [6.07, 6.45) is 1.72. The zero-order chi connectivity index (χ0) is 15.8. The topological polar surface area (TPSA) is 20.3 Å². The molecule has 0 saturated carbocycles. The van der Waals surface area contributed by atoms with Gasteiger partial charge in [-0.25, -0.2) is 0 Å². The Hall–Kier alpha value is -1.31. The lowest BCUT2D eigenvalue weighted by Crippen LogP contribution is -2.25. The summed E-state index contributed by atoms with van der Waals surface area (Å²) >= 11 is 0. The second kappa shape index (κ2) is 5.47. The molecule has 1 saturated heterocycles. The predicted molar refractivity (Wildman–Crippen MR) is 88.5 cm³/mol. The fourth-order valence-corrected chi connectivity index (χ4v) is 2.74. The van der Waals surface area contributed by atoms with E-state index < -0.39 is 0 Å². The molecule has 0 aliphatic carbocycles. The van der Waals surface area contributed by atoms with E-state index in [1.54, 1.807) is 0 Å². The van der Waals surface area contributed by atoms with Crippen LogP contribution >= 0.6 is 0 Å². The first-order chi connectivity index (χ1) is 9.57. The van der Waals surface area contributed by atoms with E-state index in [0.29, 0.717) is 12.3 Å². The van der Waals surface area contributed by atoms with Gasteiger partial charge in [-0.05, 0) is 33.9 Å². The monoisotopic (exact) mass is 287 g/mol. The Labute approximate surface area is 129 Å². The highest BCUT2D eigenvalue weighted by Crippen LogP contribution is 2.31. The molecule has 1 aromatic carbocycles. The average molecular weight is 287 g/mol. The van der Waals surface area contributed by atoms with Crippen molar-refractivity contribution in [1.29, 1.82) is 0 Å². The van der Waals surface area contributed by atoms with E-state index in [1.165, 1.54) is 16.7 Å². The maximum atomic E-state index is 11.9. The second-order valence-electron chi connectivity index (χ2n) is 8.34. The first kappa shape index (κ1) is 16.1. The van der Waals surface area contributed by atoms with Crippen LogP contribution in [-0.2, 0) is 22.2 Å². The van der Waals surface area contributed by atoms with Crippen molar-refractivity contribution in [2.45, 2.75) is 71.8 Å². The van der Waals surface area contributed by atoms with Crippen LogP contribution in [0.15, 0.2) is 18.2 Å². The van der Waals surface area contributed by atoms with Crippen LogP contribution in [0.1, 0.15) is 71.1 Å². The number of likely N-dealkylation sites (tertiary alicyclic amines) is 1. The van der Waals surface area contributed by atoms with E-state index in [0.717, 1.165) is 19.5 Å². The third-order valence-electron chi connectivity index (χ3n) is 4.27. The molecule has 2 nitrogen and oxygen atoms in total. The lowest BCUT2D eigenvalue weighted by molar-refractivity contribution is -0.128.